The molecule has 2 aliphatic rings. The number of nitrogens with one attached hydrogen (secondary N) is 1. The summed E-state index contributed by atoms with van der Waals surface area (Å²) in [6, 6.07) is 0. The minimum atomic E-state index is -0.295. The van der Waals surface area contributed by atoms with Crippen LogP contribution in [0.1, 0.15) is 56.5 Å². The Balaban J connectivity index is 2.03. The lowest BCUT2D eigenvalue weighted by molar-refractivity contribution is -0.0762. The zero-order valence-corrected chi connectivity index (χ0v) is 12.9. The molecule has 1 aliphatic heterocycles. The lowest BCUT2D eigenvalue weighted by Gasteiger charge is -2.33. The molecule has 1 aliphatic carbocycles. The molecule has 0 radical (unpaired) electrons. The molecule has 1 aromatic heterocycles. The predicted octanol–water partition coefficient (Wildman–Crippen LogP) is 4.19. The molecule has 5 heteroatoms. The highest BCUT2D eigenvalue weighted by Crippen LogP contribution is 2.43. The molecule has 0 spiro atoms. The maximum Gasteiger partial charge on any atom is 0.144 e. The second-order valence-corrected chi connectivity index (χ2v) is 6.61. The lowest BCUT2D eigenvalue weighted by atomic mass is 9.95. The molecule has 18 heavy (non-hydrogen) atoms. The standard InChI is InChI=1S/C13H17BrN2OS/c1-13(6-2-3-7-17-13)12-15-10(8-4-5-8)9(14)11(18)16-12/h8H,2-7H2,1H3,(H,15,16,18). The van der Waals surface area contributed by atoms with Crippen LogP contribution in [0.5, 0.6) is 0 Å². The van der Waals surface area contributed by atoms with Crippen LogP contribution >= 0.6 is 28.1 Å². The first-order valence-corrected chi connectivity index (χ1v) is 7.74. The van der Waals surface area contributed by atoms with E-state index in [1.165, 1.54) is 25.0 Å². The van der Waals surface area contributed by atoms with Crippen molar-refractivity contribution in [3.8, 4) is 0 Å². The minimum absolute atomic E-state index is 0.295. The van der Waals surface area contributed by atoms with Crippen LogP contribution in [0.2, 0.25) is 0 Å². The Labute approximate surface area is 120 Å². The quantitative estimate of drug-likeness (QED) is 0.827. The number of H-pyrrole nitrogens is 1. The Kier molecular flexibility index (Phi) is 3.32. The summed E-state index contributed by atoms with van der Waals surface area (Å²) in [6.07, 6.45) is 5.82. The third-order valence-electron chi connectivity index (χ3n) is 3.85. The predicted molar refractivity (Wildman–Crippen MR) is 76.3 cm³/mol. The topological polar surface area (TPSA) is 37.9 Å². The van der Waals surface area contributed by atoms with Crippen LogP contribution in [0.4, 0.5) is 0 Å². The van der Waals surface area contributed by atoms with Gasteiger partial charge in [0.15, 0.2) is 0 Å². The fraction of sp³-hybridized carbons (Fsp3) is 0.692. The van der Waals surface area contributed by atoms with Gasteiger partial charge in [0, 0.05) is 18.2 Å². The van der Waals surface area contributed by atoms with Gasteiger partial charge in [-0.25, -0.2) is 4.98 Å². The molecule has 1 aromatic rings. The number of ether oxygens (including phenoxy) is 1. The van der Waals surface area contributed by atoms with Gasteiger partial charge in [0.2, 0.25) is 0 Å². The maximum absolute atomic E-state index is 5.95. The van der Waals surface area contributed by atoms with Gasteiger partial charge in [0.25, 0.3) is 0 Å². The fourth-order valence-corrected chi connectivity index (χ4v) is 3.21. The zero-order chi connectivity index (χ0) is 12.8. The smallest absolute Gasteiger partial charge is 0.144 e. The van der Waals surface area contributed by atoms with E-state index in [2.05, 4.69) is 32.8 Å². The van der Waals surface area contributed by atoms with Crippen molar-refractivity contribution in [2.75, 3.05) is 6.61 Å². The van der Waals surface area contributed by atoms with E-state index in [0.29, 0.717) is 10.6 Å². The molecule has 0 aromatic carbocycles. The number of hydrogen-bond acceptors (Lipinski definition) is 3. The lowest BCUT2D eigenvalue weighted by Crippen LogP contribution is -2.32. The molecule has 1 unspecified atom stereocenters. The van der Waals surface area contributed by atoms with E-state index in [-0.39, 0.29) is 5.60 Å². The average Bonchev–Trinajstić information content (AvgIpc) is 3.17. The fourth-order valence-electron chi connectivity index (χ4n) is 2.50. The molecule has 2 heterocycles. The molecule has 3 rings (SSSR count). The summed E-state index contributed by atoms with van der Waals surface area (Å²) >= 11 is 8.92. The monoisotopic (exact) mass is 328 g/mol. The van der Waals surface area contributed by atoms with E-state index in [9.17, 15) is 0 Å². The largest absolute Gasteiger partial charge is 0.367 e. The van der Waals surface area contributed by atoms with Gasteiger partial charge in [-0.2, -0.15) is 0 Å². The van der Waals surface area contributed by atoms with Gasteiger partial charge in [-0.15, -0.1) is 0 Å². The summed E-state index contributed by atoms with van der Waals surface area (Å²) < 4.78 is 7.56. The molecular formula is C13H17BrN2OS. The molecular weight excluding hydrogens is 312 g/mol. The first-order chi connectivity index (χ1) is 8.60. The van der Waals surface area contributed by atoms with Gasteiger partial charge in [-0.1, -0.05) is 12.2 Å². The molecule has 1 saturated heterocycles. The molecule has 0 amide bonds. The van der Waals surface area contributed by atoms with E-state index < -0.39 is 0 Å². The summed E-state index contributed by atoms with van der Waals surface area (Å²) in [5.41, 5.74) is 0.913. The SMILES string of the molecule is CC1(c2nc(=S)c(Br)c(C3CC3)[nH]2)CCCCO1. The van der Waals surface area contributed by atoms with Crippen LogP contribution in [0.15, 0.2) is 4.47 Å². The van der Waals surface area contributed by atoms with E-state index in [4.69, 9.17) is 17.0 Å². The summed E-state index contributed by atoms with van der Waals surface area (Å²) in [5.74, 6) is 1.52. The first kappa shape index (κ1) is 12.8. The van der Waals surface area contributed by atoms with Crippen molar-refractivity contribution in [3.63, 3.8) is 0 Å². The number of halogens is 1. The van der Waals surface area contributed by atoms with Crippen LogP contribution < -0.4 is 0 Å². The van der Waals surface area contributed by atoms with Gasteiger partial charge in [-0.05, 0) is 55.0 Å². The van der Waals surface area contributed by atoms with E-state index >= 15 is 0 Å². The number of aromatic nitrogens is 2. The zero-order valence-electron chi connectivity index (χ0n) is 10.5. The summed E-state index contributed by atoms with van der Waals surface area (Å²) in [4.78, 5) is 8.00. The van der Waals surface area contributed by atoms with Crippen molar-refractivity contribution in [1.82, 2.24) is 9.97 Å². The Morgan fingerprint density at radius 1 is 1.44 bits per heavy atom. The summed E-state index contributed by atoms with van der Waals surface area (Å²) in [6.45, 7) is 2.93. The first-order valence-electron chi connectivity index (χ1n) is 6.54. The average molecular weight is 329 g/mol. The minimum Gasteiger partial charge on any atom is -0.367 e. The highest BCUT2D eigenvalue weighted by atomic mass is 79.9. The van der Waals surface area contributed by atoms with Gasteiger partial charge >= 0.3 is 0 Å². The molecule has 1 N–H and O–H groups in total. The van der Waals surface area contributed by atoms with E-state index in [0.717, 1.165) is 29.7 Å². The van der Waals surface area contributed by atoms with Gasteiger partial charge in [-0.3, -0.25) is 0 Å². The molecule has 1 atom stereocenters. The number of rotatable bonds is 2. The van der Waals surface area contributed by atoms with E-state index in [1.54, 1.807) is 0 Å². The third kappa shape index (κ3) is 2.28. The van der Waals surface area contributed by atoms with Crippen molar-refractivity contribution in [3.05, 3.63) is 20.6 Å². The normalized spacial score (nSPS) is 28.3. The Hall–Kier alpha value is -0.260. The number of aromatic amines is 1. The summed E-state index contributed by atoms with van der Waals surface area (Å²) in [5, 5.41) is 0. The Bertz CT molecular complexity index is 518. The van der Waals surface area contributed by atoms with Crippen molar-refractivity contribution in [2.45, 2.75) is 50.5 Å². The Morgan fingerprint density at radius 2 is 2.22 bits per heavy atom. The van der Waals surface area contributed by atoms with Gasteiger partial charge < -0.3 is 9.72 Å². The van der Waals surface area contributed by atoms with Crippen LogP contribution in [-0.4, -0.2) is 16.6 Å². The van der Waals surface area contributed by atoms with Crippen LogP contribution in [0, 0.1) is 4.64 Å². The highest BCUT2D eigenvalue weighted by Gasteiger charge is 2.35. The van der Waals surface area contributed by atoms with Crippen LogP contribution in [0.3, 0.4) is 0 Å². The number of nitrogens with zero attached hydrogens (tertiary/aromatic N) is 1. The molecule has 2 fully saturated rings. The molecule has 3 nitrogen and oxygen atoms in total. The molecule has 1 saturated carbocycles. The summed E-state index contributed by atoms with van der Waals surface area (Å²) in [7, 11) is 0. The van der Waals surface area contributed by atoms with Crippen LogP contribution in [-0.2, 0) is 10.3 Å². The van der Waals surface area contributed by atoms with Crippen molar-refractivity contribution >= 4 is 28.1 Å². The van der Waals surface area contributed by atoms with Gasteiger partial charge in [0.1, 0.15) is 16.1 Å². The second kappa shape index (κ2) is 4.69. The maximum atomic E-state index is 5.95. The van der Waals surface area contributed by atoms with Crippen LogP contribution in [0.25, 0.3) is 0 Å². The van der Waals surface area contributed by atoms with E-state index in [1.807, 2.05) is 0 Å². The van der Waals surface area contributed by atoms with Crippen molar-refractivity contribution in [2.24, 2.45) is 0 Å². The molecule has 0 bridgehead atoms. The number of hydrogen-bond donors (Lipinski definition) is 1. The molecule has 98 valence electrons. The van der Waals surface area contributed by atoms with Gasteiger partial charge in [0.05, 0.1) is 4.47 Å². The van der Waals surface area contributed by atoms with Crippen molar-refractivity contribution in [1.29, 1.82) is 0 Å². The second-order valence-electron chi connectivity index (χ2n) is 5.43. The third-order valence-corrected chi connectivity index (χ3v) is 5.21. The Morgan fingerprint density at radius 3 is 2.83 bits per heavy atom. The highest BCUT2D eigenvalue weighted by molar-refractivity contribution is 9.10. The van der Waals surface area contributed by atoms with Crippen molar-refractivity contribution < 1.29 is 4.74 Å².